The number of rotatable bonds is 3. The molecule has 4 nitrogen and oxygen atoms in total. The summed E-state index contributed by atoms with van der Waals surface area (Å²) in [6.45, 7) is 0.756. The number of nitrogen functional groups attached to an aromatic ring is 1. The number of benzene rings is 2. The van der Waals surface area contributed by atoms with Crippen LogP contribution in [0.25, 0.3) is 11.0 Å². The third-order valence-electron chi connectivity index (χ3n) is 2.79. The molecule has 0 fully saturated rings. The van der Waals surface area contributed by atoms with Gasteiger partial charge in [0.1, 0.15) is 0 Å². The molecular formula is C13H12N4Se. The van der Waals surface area contributed by atoms with E-state index in [1.54, 1.807) is 0 Å². The number of nitrogens with one attached hydrogen (secondary N) is 1. The Morgan fingerprint density at radius 3 is 2.72 bits per heavy atom. The number of aromatic nitrogens is 2. The van der Waals surface area contributed by atoms with Crippen LogP contribution in [0.3, 0.4) is 0 Å². The summed E-state index contributed by atoms with van der Waals surface area (Å²) in [6, 6.07) is 14.2. The van der Waals surface area contributed by atoms with Gasteiger partial charge in [-0.25, -0.2) is 0 Å². The van der Waals surface area contributed by atoms with E-state index < -0.39 is 0 Å². The molecule has 3 rings (SSSR count). The summed E-state index contributed by atoms with van der Waals surface area (Å²) in [7, 11) is 0. The summed E-state index contributed by atoms with van der Waals surface area (Å²) in [5.74, 6) is 0. The van der Waals surface area contributed by atoms with Crippen molar-refractivity contribution < 1.29 is 0 Å². The van der Waals surface area contributed by atoms with Crippen molar-refractivity contribution in [1.29, 1.82) is 0 Å². The van der Waals surface area contributed by atoms with Crippen LogP contribution >= 0.6 is 0 Å². The molecule has 5 heteroatoms. The van der Waals surface area contributed by atoms with Crippen LogP contribution in [0.2, 0.25) is 0 Å². The van der Waals surface area contributed by atoms with Crippen LogP contribution in [-0.4, -0.2) is 22.9 Å². The maximum absolute atomic E-state index is 6.09. The molecule has 2 aromatic carbocycles. The van der Waals surface area contributed by atoms with Crippen molar-refractivity contribution in [1.82, 2.24) is 7.96 Å². The van der Waals surface area contributed by atoms with E-state index in [0.717, 1.165) is 23.3 Å². The number of hydrogen-bond acceptors (Lipinski definition) is 4. The van der Waals surface area contributed by atoms with E-state index in [-0.39, 0.29) is 15.0 Å². The van der Waals surface area contributed by atoms with Gasteiger partial charge in [0.15, 0.2) is 0 Å². The molecule has 0 atom stereocenters. The van der Waals surface area contributed by atoms with Crippen molar-refractivity contribution in [3.63, 3.8) is 0 Å². The fourth-order valence-corrected chi connectivity index (χ4v) is 2.97. The van der Waals surface area contributed by atoms with E-state index in [0.29, 0.717) is 5.69 Å². The van der Waals surface area contributed by atoms with Gasteiger partial charge < -0.3 is 0 Å². The van der Waals surface area contributed by atoms with Gasteiger partial charge in [-0.05, 0) is 0 Å². The van der Waals surface area contributed by atoms with Crippen molar-refractivity contribution in [2.75, 3.05) is 11.1 Å². The normalized spacial score (nSPS) is 10.7. The summed E-state index contributed by atoms with van der Waals surface area (Å²) in [4.78, 5) is 0. The molecule has 0 saturated heterocycles. The van der Waals surface area contributed by atoms with Crippen LogP contribution in [0.1, 0.15) is 5.56 Å². The number of nitrogens with two attached hydrogens (primary N) is 1. The topological polar surface area (TPSA) is 63.8 Å². The first-order valence-electron chi connectivity index (χ1n) is 5.63. The Morgan fingerprint density at radius 1 is 1.06 bits per heavy atom. The molecule has 0 radical (unpaired) electrons. The quantitative estimate of drug-likeness (QED) is 0.573. The van der Waals surface area contributed by atoms with Crippen LogP contribution in [0.5, 0.6) is 0 Å². The van der Waals surface area contributed by atoms with E-state index in [2.05, 4.69) is 25.4 Å². The average Bonchev–Trinajstić information content (AvgIpc) is 2.88. The fraction of sp³-hybridized carbons (Fsp3) is 0.0769. The fourth-order valence-electron chi connectivity index (χ4n) is 1.82. The van der Waals surface area contributed by atoms with Gasteiger partial charge >= 0.3 is 111 Å². The van der Waals surface area contributed by atoms with Crippen LogP contribution in [0.15, 0.2) is 42.5 Å². The number of anilines is 2. The van der Waals surface area contributed by atoms with E-state index >= 15 is 0 Å². The van der Waals surface area contributed by atoms with Crippen molar-refractivity contribution in [2.24, 2.45) is 0 Å². The third kappa shape index (κ3) is 2.10. The molecule has 0 amide bonds. The van der Waals surface area contributed by atoms with Gasteiger partial charge in [-0.3, -0.25) is 0 Å². The zero-order valence-electron chi connectivity index (χ0n) is 9.63. The standard InChI is InChI=1S/C13H12N4Se/c14-12-10(6-7-11-13(12)17-18-16-11)15-8-9-4-2-1-3-5-9/h1-7,15H,8,14H2. The zero-order chi connectivity index (χ0) is 12.4. The molecule has 0 aliphatic heterocycles. The molecule has 18 heavy (non-hydrogen) atoms. The van der Waals surface area contributed by atoms with E-state index in [1.807, 2.05) is 30.3 Å². The minimum absolute atomic E-state index is 0.0332. The monoisotopic (exact) mass is 304 g/mol. The van der Waals surface area contributed by atoms with Gasteiger partial charge in [0.2, 0.25) is 0 Å². The first-order chi connectivity index (χ1) is 8.84. The van der Waals surface area contributed by atoms with Gasteiger partial charge in [0, 0.05) is 0 Å². The summed E-state index contributed by atoms with van der Waals surface area (Å²) in [5, 5.41) is 3.34. The molecule has 0 saturated carbocycles. The number of hydrogen-bond donors (Lipinski definition) is 2. The van der Waals surface area contributed by atoms with Crippen molar-refractivity contribution in [3.8, 4) is 0 Å². The summed E-state index contributed by atoms with van der Waals surface area (Å²) < 4.78 is 8.65. The Kier molecular flexibility index (Phi) is 3.00. The van der Waals surface area contributed by atoms with Gasteiger partial charge in [-0.2, -0.15) is 0 Å². The van der Waals surface area contributed by atoms with Crippen LogP contribution in [-0.2, 0) is 6.54 Å². The second-order valence-corrected chi connectivity index (χ2v) is 5.11. The molecule has 0 aliphatic rings. The molecule has 0 aliphatic carbocycles. The van der Waals surface area contributed by atoms with Gasteiger partial charge in [-0.1, -0.05) is 0 Å². The Balaban J connectivity index is 1.84. The predicted molar refractivity (Wildman–Crippen MR) is 74.7 cm³/mol. The van der Waals surface area contributed by atoms with E-state index in [9.17, 15) is 0 Å². The molecular weight excluding hydrogens is 291 g/mol. The molecule has 90 valence electrons. The maximum atomic E-state index is 6.09. The Hall–Kier alpha value is -1.84. The molecule has 3 N–H and O–H groups in total. The predicted octanol–water partition coefficient (Wildman–Crippen LogP) is 1.88. The van der Waals surface area contributed by atoms with Crippen molar-refractivity contribution in [3.05, 3.63) is 48.0 Å². The molecule has 0 bridgehead atoms. The molecule has 1 aromatic heterocycles. The second kappa shape index (κ2) is 4.80. The van der Waals surface area contributed by atoms with E-state index in [1.165, 1.54) is 5.56 Å². The molecule has 0 unspecified atom stereocenters. The van der Waals surface area contributed by atoms with Crippen molar-refractivity contribution >= 4 is 37.4 Å². The summed E-state index contributed by atoms with van der Waals surface area (Å²) in [6.07, 6.45) is 0. The first-order valence-corrected chi connectivity index (χ1v) is 7.16. The number of fused-ring (bicyclic) bond motifs is 1. The van der Waals surface area contributed by atoms with E-state index in [4.69, 9.17) is 5.73 Å². The Labute approximate surface area is 111 Å². The summed E-state index contributed by atoms with van der Waals surface area (Å²) in [5.41, 5.74) is 10.7. The third-order valence-corrected chi connectivity index (χ3v) is 3.93. The van der Waals surface area contributed by atoms with Crippen LogP contribution in [0.4, 0.5) is 11.4 Å². The first kappa shape index (κ1) is 11.3. The molecule has 3 aromatic rings. The van der Waals surface area contributed by atoms with Crippen LogP contribution < -0.4 is 11.1 Å². The Bertz CT molecular complexity index is 663. The molecule has 1 heterocycles. The number of nitrogens with zero attached hydrogens (tertiary/aromatic N) is 2. The zero-order valence-corrected chi connectivity index (χ0v) is 11.3. The van der Waals surface area contributed by atoms with Crippen LogP contribution in [0, 0.1) is 0 Å². The Morgan fingerprint density at radius 2 is 1.89 bits per heavy atom. The minimum atomic E-state index is -0.0332. The van der Waals surface area contributed by atoms with Gasteiger partial charge in [-0.15, -0.1) is 0 Å². The SMILES string of the molecule is Nc1c(NCc2ccccc2)ccc2n[se]nc12. The molecule has 0 spiro atoms. The second-order valence-electron chi connectivity index (χ2n) is 4.00. The van der Waals surface area contributed by atoms with Crippen molar-refractivity contribution in [2.45, 2.75) is 6.54 Å². The van der Waals surface area contributed by atoms with Gasteiger partial charge in [0.25, 0.3) is 0 Å². The van der Waals surface area contributed by atoms with Gasteiger partial charge in [0.05, 0.1) is 0 Å². The average molecular weight is 303 g/mol. The summed E-state index contributed by atoms with van der Waals surface area (Å²) >= 11 is -0.0332.